The van der Waals surface area contributed by atoms with Gasteiger partial charge in [-0.15, -0.1) is 0 Å². The summed E-state index contributed by atoms with van der Waals surface area (Å²) in [6, 6.07) is 17.6. The van der Waals surface area contributed by atoms with E-state index in [1.54, 1.807) is 0 Å². The number of phosphoric ester groups is 1. The van der Waals surface area contributed by atoms with Crippen LogP contribution in [0.25, 0.3) is 0 Å². The molecule has 0 amide bonds. The normalized spacial score (nSPS) is 11.9. The van der Waals surface area contributed by atoms with E-state index < -0.39 is 7.82 Å². The molecule has 0 aromatic heterocycles. The van der Waals surface area contributed by atoms with E-state index in [9.17, 15) is 4.57 Å². The fourth-order valence-electron chi connectivity index (χ4n) is 3.93. The number of rotatable bonds is 9. The predicted octanol–water partition coefficient (Wildman–Crippen LogP) is 9.63. The maximum absolute atomic E-state index is 14.2. The molecule has 4 nitrogen and oxygen atoms in total. The van der Waals surface area contributed by atoms with Crippen molar-refractivity contribution in [1.82, 2.24) is 0 Å². The molecule has 188 valence electrons. The summed E-state index contributed by atoms with van der Waals surface area (Å²) in [6.07, 6.45) is 0. The molecular formula is C30H39O4P. The van der Waals surface area contributed by atoms with Gasteiger partial charge >= 0.3 is 7.82 Å². The fraction of sp³-hybridized carbons (Fsp3) is 0.400. The summed E-state index contributed by atoms with van der Waals surface area (Å²) in [6.45, 7) is 18.7. The van der Waals surface area contributed by atoms with Crippen LogP contribution in [0.1, 0.15) is 92.7 Å². The van der Waals surface area contributed by atoms with Crippen LogP contribution in [0.15, 0.2) is 54.6 Å². The Bertz CT molecular complexity index is 1080. The molecule has 0 unspecified atom stereocenters. The second-order valence-corrected chi connectivity index (χ2v) is 11.9. The number of phosphoric acid groups is 1. The van der Waals surface area contributed by atoms with Crippen molar-refractivity contribution in [3.63, 3.8) is 0 Å². The maximum atomic E-state index is 14.2. The molecule has 0 radical (unpaired) electrons. The Balaban J connectivity index is 2.06. The molecule has 0 atom stereocenters. The summed E-state index contributed by atoms with van der Waals surface area (Å²) < 4.78 is 32.5. The number of benzene rings is 3. The highest BCUT2D eigenvalue weighted by Gasteiger charge is 2.34. The minimum absolute atomic E-state index is 0.300. The maximum Gasteiger partial charge on any atom is 0.647 e. The van der Waals surface area contributed by atoms with Crippen LogP contribution in [-0.4, -0.2) is 0 Å². The van der Waals surface area contributed by atoms with Crippen LogP contribution in [0.2, 0.25) is 0 Å². The third-order valence-corrected chi connectivity index (χ3v) is 7.17. The molecule has 5 heteroatoms. The third-order valence-electron chi connectivity index (χ3n) is 5.87. The lowest BCUT2D eigenvalue weighted by molar-refractivity contribution is 0.298. The van der Waals surface area contributed by atoms with Gasteiger partial charge in [0.15, 0.2) is 0 Å². The van der Waals surface area contributed by atoms with Crippen molar-refractivity contribution >= 4 is 7.82 Å². The van der Waals surface area contributed by atoms with Crippen LogP contribution < -0.4 is 13.6 Å². The third kappa shape index (κ3) is 7.39. The zero-order valence-electron chi connectivity index (χ0n) is 22.5. The molecule has 35 heavy (non-hydrogen) atoms. The molecule has 0 saturated carbocycles. The second kappa shape index (κ2) is 10.9. The Morgan fingerprint density at radius 1 is 0.486 bits per heavy atom. The Kier molecular flexibility index (Phi) is 8.38. The van der Waals surface area contributed by atoms with Gasteiger partial charge in [0.25, 0.3) is 0 Å². The van der Waals surface area contributed by atoms with Crippen LogP contribution in [-0.2, 0) is 4.57 Å². The SMILES string of the molecule is Cc1cc(OP(=O)(Oc2cc(C)cc(C(C)C)c2)Oc2cc(C)cc(C(C)C)c2)cc(C(C)C)c1. The van der Waals surface area contributed by atoms with Crippen molar-refractivity contribution in [2.24, 2.45) is 0 Å². The standard InChI is InChI=1S/C30H39O4P/c1-19(2)25-10-22(7)13-28(16-25)32-35(31,33-29-14-23(8)11-26(17-29)20(3)4)34-30-15-24(9)12-27(18-30)21(5)6/h10-21H,1-9H3. The average molecular weight is 495 g/mol. The van der Waals surface area contributed by atoms with Crippen molar-refractivity contribution < 1.29 is 18.1 Å². The number of hydrogen-bond acceptors (Lipinski definition) is 4. The molecule has 0 aliphatic carbocycles. The van der Waals surface area contributed by atoms with E-state index in [4.69, 9.17) is 13.6 Å². The summed E-state index contributed by atoms with van der Waals surface area (Å²) >= 11 is 0. The van der Waals surface area contributed by atoms with E-state index in [1.807, 2.05) is 57.2 Å². The van der Waals surface area contributed by atoms with Crippen molar-refractivity contribution in [3.8, 4) is 17.2 Å². The summed E-state index contributed by atoms with van der Waals surface area (Å²) in [7, 11) is -4.09. The highest BCUT2D eigenvalue weighted by Crippen LogP contribution is 2.51. The van der Waals surface area contributed by atoms with Gasteiger partial charge in [-0.3, -0.25) is 0 Å². The molecule has 0 heterocycles. The van der Waals surface area contributed by atoms with Gasteiger partial charge in [-0.1, -0.05) is 59.7 Å². The largest absolute Gasteiger partial charge is 0.647 e. The van der Waals surface area contributed by atoms with Gasteiger partial charge in [-0.05, 0) is 108 Å². The molecule has 0 fully saturated rings. The summed E-state index contributed by atoms with van der Waals surface area (Å²) in [4.78, 5) is 0. The number of hydrogen-bond donors (Lipinski definition) is 0. The van der Waals surface area contributed by atoms with Crippen LogP contribution in [0, 0.1) is 20.8 Å². The lowest BCUT2D eigenvalue weighted by Crippen LogP contribution is -2.09. The smallest absolute Gasteiger partial charge is 0.386 e. The molecule has 0 saturated heterocycles. The van der Waals surface area contributed by atoms with Gasteiger partial charge in [-0.25, -0.2) is 0 Å². The lowest BCUT2D eigenvalue weighted by Gasteiger charge is -2.22. The molecule has 0 bridgehead atoms. The molecule has 3 aromatic carbocycles. The van der Waals surface area contributed by atoms with Gasteiger partial charge in [0.05, 0.1) is 0 Å². The first-order chi connectivity index (χ1) is 16.3. The summed E-state index contributed by atoms with van der Waals surface area (Å²) in [5.41, 5.74) is 6.36. The Morgan fingerprint density at radius 3 is 0.971 bits per heavy atom. The van der Waals surface area contributed by atoms with Gasteiger partial charge in [0, 0.05) is 0 Å². The average Bonchev–Trinajstić information content (AvgIpc) is 2.71. The van der Waals surface area contributed by atoms with E-state index in [2.05, 4.69) is 59.7 Å². The molecule has 3 rings (SSSR count). The van der Waals surface area contributed by atoms with Gasteiger partial charge < -0.3 is 13.6 Å². The van der Waals surface area contributed by atoms with Crippen molar-refractivity contribution in [3.05, 3.63) is 88.0 Å². The predicted molar refractivity (Wildman–Crippen MR) is 145 cm³/mol. The van der Waals surface area contributed by atoms with Crippen LogP contribution >= 0.6 is 7.82 Å². The van der Waals surface area contributed by atoms with E-state index in [0.717, 1.165) is 33.4 Å². The molecule has 3 aromatic rings. The van der Waals surface area contributed by atoms with E-state index >= 15 is 0 Å². The van der Waals surface area contributed by atoms with Gasteiger partial charge in [0.2, 0.25) is 0 Å². The van der Waals surface area contributed by atoms with Crippen molar-refractivity contribution in [2.45, 2.75) is 80.1 Å². The molecule has 0 aliphatic rings. The monoisotopic (exact) mass is 494 g/mol. The zero-order valence-corrected chi connectivity index (χ0v) is 23.4. The molecule has 0 N–H and O–H groups in total. The Morgan fingerprint density at radius 2 is 0.743 bits per heavy atom. The quantitative estimate of drug-likeness (QED) is 0.278. The van der Waals surface area contributed by atoms with Gasteiger partial charge in [-0.2, -0.15) is 4.57 Å². The number of aryl methyl sites for hydroxylation is 3. The first-order valence-electron chi connectivity index (χ1n) is 12.4. The van der Waals surface area contributed by atoms with Crippen molar-refractivity contribution in [1.29, 1.82) is 0 Å². The first-order valence-corrected chi connectivity index (χ1v) is 13.8. The Labute approximate surface area is 211 Å². The van der Waals surface area contributed by atoms with Crippen LogP contribution in [0.3, 0.4) is 0 Å². The minimum Gasteiger partial charge on any atom is -0.386 e. The van der Waals surface area contributed by atoms with E-state index in [0.29, 0.717) is 35.0 Å². The van der Waals surface area contributed by atoms with E-state index in [-0.39, 0.29) is 0 Å². The Hall–Kier alpha value is -2.71. The van der Waals surface area contributed by atoms with E-state index in [1.165, 1.54) is 0 Å². The molecule has 0 spiro atoms. The van der Waals surface area contributed by atoms with Crippen LogP contribution in [0.4, 0.5) is 0 Å². The molecule has 0 aliphatic heterocycles. The fourth-order valence-corrected chi connectivity index (χ4v) is 5.13. The minimum atomic E-state index is -4.09. The molecular weight excluding hydrogens is 455 g/mol. The zero-order chi connectivity index (χ0) is 25.9. The second-order valence-electron chi connectivity index (χ2n) is 10.4. The highest BCUT2D eigenvalue weighted by atomic mass is 31.2. The van der Waals surface area contributed by atoms with Crippen LogP contribution in [0.5, 0.6) is 17.2 Å². The topological polar surface area (TPSA) is 44.8 Å². The van der Waals surface area contributed by atoms with Gasteiger partial charge in [0.1, 0.15) is 17.2 Å². The van der Waals surface area contributed by atoms with Crippen molar-refractivity contribution in [2.75, 3.05) is 0 Å². The first kappa shape index (κ1) is 26.9. The lowest BCUT2D eigenvalue weighted by atomic mass is 10.0. The summed E-state index contributed by atoms with van der Waals surface area (Å²) in [5, 5.41) is 0. The highest BCUT2D eigenvalue weighted by molar-refractivity contribution is 7.49. The summed E-state index contributed by atoms with van der Waals surface area (Å²) in [5.74, 6) is 2.29.